The normalized spacial score (nSPS) is 10.7. The van der Waals surface area contributed by atoms with Gasteiger partial charge in [0.2, 0.25) is 11.7 Å². The number of benzene rings is 2. The Morgan fingerprint density at radius 1 is 1.12 bits per heavy atom. The van der Waals surface area contributed by atoms with Crippen LogP contribution in [-0.2, 0) is 0 Å². The molecule has 0 fully saturated rings. The maximum atomic E-state index is 12.4. The molecule has 0 saturated heterocycles. The minimum atomic E-state index is -0.353. The molecule has 4 rings (SSSR count). The first-order chi connectivity index (χ1) is 12.7. The second-order valence-corrected chi connectivity index (χ2v) is 5.53. The van der Waals surface area contributed by atoms with Gasteiger partial charge in [0, 0.05) is 18.2 Å². The Morgan fingerprint density at radius 2 is 1.96 bits per heavy atom. The van der Waals surface area contributed by atoms with Gasteiger partial charge in [-0.25, -0.2) is 0 Å². The number of hydrogen-bond acceptors (Lipinski definition) is 6. The Hall–Kier alpha value is -3.81. The number of aryl methyl sites for hydroxylation is 1. The Bertz CT molecular complexity index is 1050. The standard InChI is InChI=1S/C18H14N6O2/c1-12-20-17(23-26-12)13-6-5-7-14(10-13)21-18(25)16-11-19-24(22-16)15-8-3-2-4-9-15/h2-11H,1H3,(H,21,25). The second-order valence-electron chi connectivity index (χ2n) is 5.53. The molecular formula is C18H14N6O2. The maximum absolute atomic E-state index is 12.4. The zero-order valence-corrected chi connectivity index (χ0v) is 13.8. The van der Waals surface area contributed by atoms with Gasteiger partial charge >= 0.3 is 0 Å². The van der Waals surface area contributed by atoms with Crippen LogP contribution in [0.4, 0.5) is 5.69 Å². The molecule has 2 aromatic carbocycles. The van der Waals surface area contributed by atoms with E-state index >= 15 is 0 Å². The molecular weight excluding hydrogens is 332 g/mol. The van der Waals surface area contributed by atoms with Gasteiger partial charge in [-0.1, -0.05) is 35.5 Å². The molecule has 4 aromatic rings. The van der Waals surface area contributed by atoms with Crippen molar-refractivity contribution in [2.75, 3.05) is 5.32 Å². The fourth-order valence-corrected chi connectivity index (χ4v) is 2.40. The van der Waals surface area contributed by atoms with Crippen LogP contribution in [0.15, 0.2) is 65.3 Å². The first-order valence-electron chi connectivity index (χ1n) is 7.89. The highest BCUT2D eigenvalue weighted by atomic mass is 16.5. The van der Waals surface area contributed by atoms with E-state index in [0.717, 1.165) is 11.3 Å². The topological polar surface area (TPSA) is 98.7 Å². The van der Waals surface area contributed by atoms with Crippen molar-refractivity contribution in [2.45, 2.75) is 6.92 Å². The predicted octanol–water partition coefficient (Wildman–Crippen LogP) is 2.88. The molecule has 1 N–H and O–H groups in total. The van der Waals surface area contributed by atoms with E-state index in [9.17, 15) is 4.79 Å². The molecule has 0 bridgehead atoms. The van der Waals surface area contributed by atoms with Crippen molar-refractivity contribution >= 4 is 11.6 Å². The van der Waals surface area contributed by atoms with Crippen molar-refractivity contribution in [3.05, 3.63) is 72.4 Å². The van der Waals surface area contributed by atoms with Gasteiger partial charge in [0.25, 0.3) is 5.91 Å². The quantitative estimate of drug-likeness (QED) is 0.610. The molecule has 0 atom stereocenters. The minimum Gasteiger partial charge on any atom is -0.339 e. The Morgan fingerprint density at radius 3 is 2.73 bits per heavy atom. The first kappa shape index (κ1) is 15.7. The van der Waals surface area contributed by atoms with Crippen LogP contribution in [-0.4, -0.2) is 31.0 Å². The molecule has 0 saturated carbocycles. The predicted molar refractivity (Wildman–Crippen MR) is 93.8 cm³/mol. The summed E-state index contributed by atoms with van der Waals surface area (Å²) in [5, 5.41) is 15.0. The van der Waals surface area contributed by atoms with E-state index in [-0.39, 0.29) is 11.6 Å². The smallest absolute Gasteiger partial charge is 0.277 e. The van der Waals surface area contributed by atoms with Gasteiger partial charge in [-0.15, -0.1) is 5.10 Å². The molecule has 8 nitrogen and oxygen atoms in total. The summed E-state index contributed by atoms with van der Waals surface area (Å²) in [6, 6.07) is 16.6. The number of carbonyl (C=O) groups excluding carboxylic acids is 1. The highest BCUT2D eigenvalue weighted by Crippen LogP contribution is 2.20. The lowest BCUT2D eigenvalue weighted by atomic mass is 10.2. The summed E-state index contributed by atoms with van der Waals surface area (Å²) < 4.78 is 4.98. The van der Waals surface area contributed by atoms with E-state index in [0.29, 0.717) is 17.4 Å². The molecule has 0 radical (unpaired) electrons. The highest BCUT2D eigenvalue weighted by Gasteiger charge is 2.13. The van der Waals surface area contributed by atoms with E-state index in [1.165, 1.54) is 11.0 Å². The summed E-state index contributed by atoms with van der Waals surface area (Å²) in [6.07, 6.45) is 1.43. The van der Waals surface area contributed by atoms with Crippen LogP contribution in [0.2, 0.25) is 0 Å². The third-order valence-electron chi connectivity index (χ3n) is 3.62. The van der Waals surface area contributed by atoms with Crippen LogP contribution in [0.5, 0.6) is 0 Å². The molecule has 2 heterocycles. The molecule has 0 aliphatic carbocycles. The lowest BCUT2D eigenvalue weighted by Gasteiger charge is -2.04. The molecule has 0 spiro atoms. The van der Waals surface area contributed by atoms with Crippen molar-refractivity contribution in [1.29, 1.82) is 0 Å². The molecule has 1 amide bonds. The molecule has 2 aromatic heterocycles. The average molecular weight is 346 g/mol. The number of anilines is 1. The molecule has 0 aliphatic rings. The fourth-order valence-electron chi connectivity index (χ4n) is 2.40. The number of amides is 1. The lowest BCUT2D eigenvalue weighted by Crippen LogP contribution is -2.13. The van der Waals surface area contributed by atoms with Crippen molar-refractivity contribution in [1.82, 2.24) is 25.1 Å². The van der Waals surface area contributed by atoms with Crippen LogP contribution in [0, 0.1) is 6.92 Å². The van der Waals surface area contributed by atoms with E-state index in [4.69, 9.17) is 4.52 Å². The Kier molecular flexibility index (Phi) is 3.98. The summed E-state index contributed by atoms with van der Waals surface area (Å²) in [7, 11) is 0. The zero-order valence-electron chi connectivity index (χ0n) is 13.8. The van der Waals surface area contributed by atoms with Gasteiger partial charge in [-0.05, 0) is 24.3 Å². The Labute approximate surface area is 148 Å². The molecule has 26 heavy (non-hydrogen) atoms. The third kappa shape index (κ3) is 3.20. The number of nitrogens with one attached hydrogen (secondary N) is 1. The van der Waals surface area contributed by atoms with Crippen LogP contribution in [0.25, 0.3) is 17.1 Å². The van der Waals surface area contributed by atoms with Crippen LogP contribution in [0.3, 0.4) is 0 Å². The SMILES string of the molecule is Cc1nc(-c2cccc(NC(=O)c3cnn(-c4ccccc4)n3)c2)no1. The minimum absolute atomic E-state index is 0.217. The van der Waals surface area contributed by atoms with Crippen molar-refractivity contribution in [3.8, 4) is 17.1 Å². The van der Waals surface area contributed by atoms with Gasteiger partial charge < -0.3 is 9.84 Å². The monoisotopic (exact) mass is 346 g/mol. The van der Waals surface area contributed by atoms with Crippen molar-refractivity contribution < 1.29 is 9.32 Å². The van der Waals surface area contributed by atoms with Crippen LogP contribution < -0.4 is 5.32 Å². The molecule has 0 aliphatic heterocycles. The molecule has 0 unspecified atom stereocenters. The average Bonchev–Trinajstić information content (AvgIpc) is 3.32. The second kappa shape index (κ2) is 6.60. The number of carbonyl (C=O) groups is 1. The van der Waals surface area contributed by atoms with Crippen molar-refractivity contribution in [3.63, 3.8) is 0 Å². The summed E-state index contributed by atoms with van der Waals surface area (Å²) in [6.45, 7) is 1.72. The van der Waals surface area contributed by atoms with Gasteiger partial charge in [0.05, 0.1) is 11.9 Å². The molecule has 128 valence electrons. The van der Waals surface area contributed by atoms with Gasteiger partial charge in [0.15, 0.2) is 5.69 Å². The first-order valence-corrected chi connectivity index (χ1v) is 7.89. The van der Waals surface area contributed by atoms with Crippen molar-refractivity contribution in [2.24, 2.45) is 0 Å². The van der Waals surface area contributed by atoms with E-state index < -0.39 is 0 Å². The maximum Gasteiger partial charge on any atom is 0.277 e. The summed E-state index contributed by atoms with van der Waals surface area (Å²) in [4.78, 5) is 18.0. The van der Waals surface area contributed by atoms with E-state index in [2.05, 4.69) is 25.7 Å². The van der Waals surface area contributed by atoms with Crippen LogP contribution in [0.1, 0.15) is 16.4 Å². The van der Waals surface area contributed by atoms with Gasteiger partial charge in [-0.3, -0.25) is 4.79 Å². The number of rotatable bonds is 4. The largest absolute Gasteiger partial charge is 0.339 e. The fraction of sp³-hybridized carbons (Fsp3) is 0.0556. The number of nitrogens with zero attached hydrogens (tertiary/aromatic N) is 5. The number of para-hydroxylation sites is 1. The van der Waals surface area contributed by atoms with E-state index in [1.807, 2.05) is 36.4 Å². The summed E-state index contributed by atoms with van der Waals surface area (Å²) in [5.74, 6) is 0.592. The Balaban J connectivity index is 1.53. The number of hydrogen-bond donors (Lipinski definition) is 1. The van der Waals surface area contributed by atoms with E-state index in [1.54, 1.807) is 25.1 Å². The lowest BCUT2D eigenvalue weighted by molar-refractivity contribution is 0.102. The van der Waals surface area contributed by atoms with Gasteiger partial charge in [-0.2, -0.15) is 14.9 Å². The highest BCUT2D eigenvalue weighted by molar-refractivity contribution is 6.02. The van der Waals surface area contributed by atoms with Gasteiger partial charge in [0.1, 0.15) is 0 Å². The number of aromatic nitrogens is 5. The van der Waals surface area contributed by atoms with Crippen LogP contribution >= 0.6 is 0 Å². The molecule has 8 heteroatoms. The third-order valence-corrected chi connectivity index (χ3v) is 3.62. The summed E-state index contributed by atoms with van der Waals surface area (Å²) in [5.41, 5.74) is 2.34. The summed E-state index contributed by atoms with van der Waals surface area (Å²) >= 11 is 0. The zero-order chi connectivity index (χ0) is 17.9.